The Balaban J connectivity index is 1.84. The molecule has 0 aliphatic heterocycles. The molecule has 17 heavy (non-hydrogen) atoms. The van der Waals surface area contributed by atoms with Crippen LogP contribution in [0.2, 0.25) is 0 Å². The molecule has 1 aliphatic rings. The zero-order chi connectivity index (χ0) is 12.3. The van der Waals surface area contributed by atoms with Crippen LogP contribution in [0.4, 0.5) is 0 Å². The van der Waals surface area contributed by atoms with Crippen LogP contribution in [0, 0.1) is 5.92 Å². The fourth-order valence-electron chi connectivity index (χ4n) is 2.00. The first-order valence-corrected chi connectivity index (χ1v) is 6.59. The van der Waals surface area contributed by atoms with Crippen LogP contribution in [-0.4, -0.2) is 17.9 Å². The first kappa shape index (κ1) is 12.4. The van der Waals surface area contributed by atoms with E-state index in [9.17, 15) is 4.79 Å². The monoisotopic (exact) mass is 297 g/mol. The Labute approximate surface area is 110 Å². The number of hydrogen-bond donors (Lipinski definition) is 0. The predicted octanol–water partition coefficient (Wildman–Crippen LogP) is 3.36. The molecule has 0 N–H and O–H groups in total. The number of carbonyl (C=O) groups is 1. The lowest BCUT2D eigenvalue weighted by Gasteiger charge is -2.17. The van der Waals surface area contributed by atoms with E-state index in [1.165, 1.54) is 0 Å². The molecule has 1 aliphatic carbocycles. The molecule has 92 valence electrons. The summed E-state index contributed by atoms with van der Waals surface area (Å²) < 4.78 is 6.08. The van der Waals surface area contributed by atoms with Gasteiger partial charge in [0.05, 0.1) is 6.54 Å². The van der Waals surface area contributed by atoms with Crippen molar-refractivity contribution in [1.82, 2.24) is 4.90 Å². The largest absolute Gasteiger partial charge is 0.452 e. The Bertz CT molecular complexity index is 425. The zero-order valence-electron chi connectivity index (χ0n) is 9.86. The van der Waals surface area contributed by atoms with Crippen molar-refractivity contribution in [3.05, 3.63) is 34.7 Å². The summed E-state index contributed by atoms with van der Waals surface area (Å²) in [4.78, 5) is 13.7. The van der Waals surface area contributed by atoms with Crippen LogP contribution < -0.4 is 0 Å². The second-order valence-electron chi connectivity index (χ2n) is 4.43. The third-order valence-corrected chi connectivity index (χ3v) is 3.42. The minimum Gasteiger partial charge on any atom is -0.452 e. The van der Waals surface area contributed by atoms with E-state index in [-0.39, 0.29) is 5.91 Å². The van der Waals surface area contributed by atoms with Gasteiger partial charge in [0, 0.05) is 13.5 Å². The van der Waals surface area contributed by atoms with E-state index in [1.54, 1.807) is 4.90 Å². The summed E-state index contributed by atoms with van der Waals surface area (Å²) in [5.74, 6) is 1.40. The highest BCUT2D eigenvalue weighted by Gasteiger charge is 2.17. The molecular formula is C13H16BrNO2. The number of allylic oxidation sites excluding steroid dienone is 2. The van der Waals surface area contributed by atoms with E-state index in [2.05, 4.69) is 28.1 Å². The Morgan fingerprint density at radius 2 is 2.41 bits per heavy atom. The molecule has 0 fully saturated rings. The number of nitrogens with zero attached hydrogens (tertiary/aromatic N) is 1. The number of furan rings is 1. The van der Waals surface area contributed by atoms with Crippen molar-refractivity contribution < 1.29 is 9.21 Å². The van der Waals surface area contributed by atoms with E-state index in [0.717, 1.165) is 18.6 Å². The Hall–Kier alpha value is -1.03. The highest BCUT2D eigenvalue weighted by Crippen LogP contribution is 2.22. The van der Waals surface area contributed by atoms with Crippen molar-refractivity contribution in [3.8, 4) is 0 Å². The maximum absolute atomic E-state index is 11.9. The van der Waals surface area contributed by atoms with Crippen LogP contribution in [0.15, 0.2) is 33.4 Å². The highest BCUT2D eigenvalue weighted by atomic mass is 79.9. The van der Waals surface area contributed by atoms with Gasteiger partial charge >= 0.3 is 0 Å². The fraction of sp³-hybridized carbons (Fsp3) is 0.462. The first-order valence-electron chi connectivity index (χ1n) is 5.80. The molecule has 0 saturated carbocycles. The molecule has 4 heteroatoms. The first-order chi connectivity index (χ1) is 8.15. The van der Waals surface area contributed by atoms with Gasteiger partial charge < -0.3 is 9.32 Å². The molecule has 1 aromatic heterocycles. The molecule has 1 aromatic rings. The van der Waals surface area contributed by atoms with Gasteiger partial charge in [-0.2, -0.15) is 0 Å². The summed E-state index contributed by atoms with van der Waals surface area (Å²) in [5, 5.41) is 0. The summed E-state index contributed by atoms with van der Waals surface area (Å²) in [6.07, 6.45) is 7.12. The predicted molar refractivity (Wildman–Crippen MR) is 69.4 cm³/mol. The van der Waals surface area contributed by atoms with Crippen LogP contribution in [0.1, 0.15) is 25.0 Å². The van der Waals surface area contributed by atoms with Gasteiger partial charge in [0.25, 0.3) is 0 Å². The molecule has 0 unspecified atom stereocenters. The number of rotatable bonds is 4. The van der Waals surface area contributed by atoms with E-state index in [4.69, 9.17) is 4.42 Å². The van der Waals surface area contributed by atoms with Crippen molar-refractivity contribution in [2.45, 2.75) is 25.8 Å². The molecule has 1 amide bonds. The van der Waals surface area contributed by atoms with Crippen LogP contribution >= 0.6 is 15.9 Å². The zero-order valence-corrected chi connectivity index (χ0v) is 11.4. The van der Waals surface area contributed by atoms with Crippen LogP contribution in [0.5, 0.6) is 0 Å². The number of hydrogen-bond acceptors (Lipinski definition) is 2. The summed E-state index contributed by atoms with van der Waals surface area (Å²) >= 11 is 3.25. The average molecular weight is 298 g/mol. The third kappa shape index (κ3) is 3.46. The van der Waals surface area contributed by atoms with Gasteiger partial charge in [0.1, 0.15) is 5.76 Å². The maximum Gasteiger partial charge on any atom is 0.223 e. The normalized spacial score (nSPS) is 18.6. The van der Waals surface area contributed by atoms with E-state index >= 15 is 0 Å². The highest BCUT2D eigenvalue weighted by molar-refractivity contribution is 9.10. The third-order valence-electron chi connectivity index (χ3n) is 3.00. The number of carbonyl (C=O) groups excluding carboxylic acids is 1. The molecule has 0 aromatic carbocycles. The molecule has 1 atom stereocenters. The summed E-state index contributed by atoms with van der Waals surface area (Å²) in [6, 6.07) is 3.72. The molecule has 0 spiro atoms. The summed E-state index contributed by atoms with van der Waals surface area (Å²) in [7, 11) is 1.82. The average Bonchev–Trinajstić information content (AvgIpc) is 2.90. The second kappa shape index (κ2) is 5.54. The molecule has 0 saturated heterocycles. The van der Waals surface area contributed by atoms with Gasteiger partial charge in [0.15, 0.2) is 4.67 Å². The van der Waals surface area contributed by atoms with Crippen LogP contribution in [0.3, 0.4) is 0 Å². The minimum absolute atomic E-state index is 0.175. The molecule has 2 rings (SSSR count). The van der Waals surface area contributed by atoms with Gasteiger partial charge in [-0.05, 0) is 46.8 Å². The van der Waals surface area contributed by atoms with Crippen molar-refractivity contribution in [1.29, 1.82) is 0 Å². The van der Waals surface area contributed by atoms with E-state index < -0.39 is 0 Å². The smallest absolute Gasteiger partial charge is 0.223 e. The van der Waals surface area contributed by atoms with Gasteiger partial charge in [-0.15, -0.1) is 0 Å². The van der Waals surface area contributed by atoms with Crippen molar-refractivity contribution >= 4 is 21.8 Å². The van der Waals surface area contributed by atoms with Gasteiger partial charge in [-0.25, -0.2) is 0 Å². The lowest BCUT2D eigenvalue weighted by atomic mass is 10.0. The second-order valence-corrected chi connectivity index (χ2v) is 5.21. The quantitative estimate of drug-likeness (QED) is 0.799. The Morgan fingerprint density at radius 1 is 1.59 bits per heavy atom. The summed E-state index contributed by atoms with van der Waals surface area (Å²) in [5.41, 5.74) is 0. The minimum atomic E-state index is 0.175. The van der Waals surface area contributed by atoms with Crippen molar-refractivity contribution in [2.75, 3.05) is 7.05 Å². The standard InChI is InChI=1S/C13H16BrNO2/c1-15(9-11-6-7-12(14)17-11)13(16)8-10-4-2-3-5-10/h2,4,6-7,10H,3,5,8-9H2,1H3/t10-/m1/s1. The van der Waals surface area contributed by atoms with Crippen molar-refractivity contribution in [3.63, 3.8) is 0 Å². The van der Waals surface area contributed by atoms with Gasteiger partial charge in [-0.1, -0.05) is 12.2 Å². The van der Waals surface area contributed by atoms with Crippen LogP contribution in [-0.2, 0) is 11.3 Å². The van der Waals surface area contributed by atoms with Crippen molar-refractivity contribution in [2.24, 2.45) is 5.92 Å². The molecule has 1 heterocycles. The molecule has 0 radical (unpaired) electrons. The van der Waals surface area contributed by atoms with E-state index in [1.807, 2.05) is 19.2 Å². The van der Waals surface area contributed by atoms with E-state index in [0.29, 0.717) is 23.6 Å². The molecule has 3 nitrogen and oxygen atoms in total. The lowest BCUT2D eigenvalue weighted by Crippen LogP contribution is -2.27. The Morgan fingerprint density at radius 3 is 3.00 bits per heavy atom. The number of amides is 1. The number of halogens is 1. The van der Waals surface area contributed by atoms with Gasteiger partial charge in [-0.3, -0.25) is 4.79 Å². The maximum atomic E-state index is 11.9. The van der Waals surface area contributed by atoms with Crippen LogP contribution in [0.25, 0.3) is 0 Å². The Kier molecular flexibility index (Phi) is 4.05. The summed E-state index contributed by atoms with van der Waals surface area (Å²) in [6.45, 7) is 0.529. The molecule has 0 bridgehead atoms. The topological polar surface area (TPSA) is 33.5 Å². The van der Waals surface area contributed by atoms with Gasteiger partial charge in [0.2, 0.25) is 5.91 Å². The SMILES string of the molecule is CN(Cc1ccc(Br)o1)C(=O)C[C@@H]1C=CCC1. The lowest BCUT2D eigenvalue weighted by molar-refractivity contribution is -0.131. The fourth-order valence-corrected chi connectivity index (χ4v) is 2.34. The molecular weight excluding hydrogens is 282 g/mol.